The minimum Gasteiger partial charge on any atom is -0.389 e. The summed E-state index contributed by atoms with van der Waals surface area (Å²) in [4.78, 5) is 0. The van der Waals surface area contributed by atoms with Crippen LogP contribution in [0.25, 0.3) is 0 Å². The first-order valence-electron chi connectivity index (χ1n) is 5.30. The van der Waals surface area contributed by atoms with Crippen LogP contribution in [0.2, 0.25) is 0 Å². The van der Waals surface area contributed by atoms with Gasteiger partial charge >= 0.3 is 0 Å². The lowest BCUT2D eigenvalue weighted by Crippen LogP contribution is -2.37. The fraction of sp³-hybridized carbons (Fsp3) is 1.00. The second-order valence-electron chi connectivity index (χ2n) is 4.74. The zero-order valence-corrected chi connectivity index (χ0v) is 11.3. The van der Waals surface area contributed by atoms with Crippen LogP contribution < -0.4 is 5.32 Å². The molecule has 0 saturated carbocycles. The molecule has 0 heterocycles. The zero-order chi connectivity index (χ0) is 12.8. The third kappa shape index (κ3) is 5.79. The summed E-state index contributed by atoms with van der Waals surface area (Å²) in [5.41, 5.74) is 0. The minimum atomic E-state index is -3.08. The topological polar surface area (TPSA) is 75.6 Å². The second kappa shape index (κ2) is 6.54. The number of aliphatic hydroxyl groups excluding tert-OH is 1. The van der Waals surface area contributed by atoms with Gasteiger partial charge in [0.15, 0.2) is 9.84 Å². The van der Waals surface area contributed by atoms with Crippen molar-refractivity contribution in [2.75, 3.05) is 32.6 Å². The van der Waals surface area contributed by atoms with Crippen LogP contribution in [0.4, 0.5) is 0 Å². The average Bonchev–Trinajstić information content (AvgIpc) is 2.11. The van der Waals surface area contributed by atoms with Crippen LogP contribution in [-0.4, -0.2) is 56.9 Å². The summed E-state index contributed by atoms with van der Waals surface area (Å²) in [7, 11) is -1.58. The van der Waals surface area contributed by atoms with Gasteiger partial charge in [-0.15, -0.1) is 0 Å². The van der Waals surface area contributed by atoms with Crippen LogP contribution in [0.3, 0.4) is 0 Å². The van der Waals surface area contributed by atoms with E-state index in [9.17, 15) is 13.5 Å². The molecule has 0 radical (unpaired) electrons. The van der Waals surface area contributed by atoms with Crippen molar-refractivity contribution >= 4 is 9.84 Å². The molecule has 1 atom stereocenters. The lowest BCUT2D eigenvalue weighted by molar-refractivity contribution is 0.0650. The van der Waals surface area contributed by atoms with E-state index in [0.29, 0.717) is 13.1 Å². The standard InChI is InChI=1S/C10H23NO4S/c1-10(2,3)16(13,14)6-5-11-7-9(12)8-15-4/h9,11-12H,5-8H2,1-4H3. The Morgan fingerprint density at radius 1 is 1.38 bits per heavy atom. The molecule has 0 spiro atoms. The molecule has 0 saturated heterocycles. The summed E-state index contributed by atoms with van der Waals surface area (Å²) in [5, 5.41) is 12.2. The first kappa shape index (κ1) is 15.8. The molecule has 0 rings (SSSR count). The van der Waals surface area contributed by atoms with Gasteiger partial charge in [0.2, 0.25) is 0 Å². The number of nitrogens with one attached hydrogen (secondary N) is 1. The summed E-state index contributed by atoms with van der Waals surface area (Å²) in [6.45, 7) is 5.99. The highest BCUT2D eigenvalue weighted by atomic mass is 32.2. The Labute approximate surface area is 98.1 Å². The van der Waals surface area contributed by atoms with Gasteiger partial charge in [-0.05, 0) is 20.8 Å². The number of hydrogen-bond donors (Lipinski definition) is 2. The van der Waals surface area contributed by atoms with Gasteiger partial charge in [0.05, 0.1) is 23.2 Å². The van der Waals surface area contributed by atoms with Crippen LogP contribution in [0, 0.1) is 0 Å². The Morgan fingerprint density at radius 3 is 2.38 bits per heavy atom. The molecule has 0 aromatic carbocycles. The maximum Gasteiger partial charge on any atom is 0.156 e. The van der Waals surface area contributed by atoms with Gasteiger partial charge in [0.25, 0.3) is 0 Å². The van der Waals surface area contributed by atoms with E-state index in [1.165, 1.54) is 7.11 Å². The first-order chi connectivity index (χ1) is 7.20. The number of methoxy groups -OCH3 is 1. The number of hydrogen-bond acceptors (Lipinski definition) is 5. The van der Waals surface area contributed by atoms with Gasteiger partial charge in [-0.1, -0.05) is 0 Å². The SMILES string of the molecule is COCC(O)CNCCS(=O)(=O)C(C)(C)C. The Bertz CT molecular complexity index is 282. The first-order valence-corrected chi connectivity index (χ1v) is 6.96. The monoisotopic (exact) mass is 253 g/mol. The Balaban J connectivity index is 3.84. The molecule has 5 nitrogen and oxygen atoms in total. The lowest BCUT2D eigenvalue weighted by Gasteiger charge is -2.19. The van der Waals surface area contributed by atoms with Crippen LogP contribution in [0.15, 0.2) is 0 Å². The van der Waals surface area contributed by atoms with Crippen molar-refractivity contribution < 1.29 is 18.3 Å². The molecule has 16 heavy (non-hydrogen) atoms. The third-order valence-electron chi connectivity index (χ3n) is 2.22. The van der Waals surface area contributed by atoms with E-state index in [1.54, 1.807) is 20.8 Å². The molecule has 6 heteroatoms. The van der Waals surface area contributed by atoms with Gasteiger partial charge in [-0.3, -0.25) is 0 Å². The molecule has 2 N–H and O–H groups in total. The van der Waals surface area contributed by atoms with E-state index in [0.717, 1.165) is 0 Å². The molecule has 0 amide bonds. The van der Waals surface area contributed by atoms with Crippen molar-refractivity contribution in [2.45, 2.75) is 31.6 Å². The molecule has 0 aliphatic rings. The molecular formula is C10H23NO4S. The number of sulfone groups is 1. The van der Waals surface area contributed by atoms with Crippen LogP contribution >= 0.6 is 0 Å². The molecule has 1 unspecified atom stereocenters. The largest absolute Gasteiger partial charge is 0.389 e. The van der Waals surface area contributed by atoms with Gasteiger partial charge in [-0.2, -0.15) is 0 Å². The normalized spacial score (nSPS) is 15.1. The van der Waals surface area contributed by atoms with E-state index in [-0.39, 0.29) is 12.4 Å². The highest BCUT2D eigenvalue weighted by molar-refractivity contribution is 7.92. The Hall–Kier alpha value is -0.170. The van der Waals surface area contributed by atoms with Crippen LogP contribution in [-0.2, 0) is 14.6 Å². The van der Waals surface area contributed by atoms with Gasteiger partial charge in [0.1, 0.15) is 0 Å². The zero-order valence-electron chi connectivity index (χ0n) is 10.5. The quantitative estimate of drug-likeness (QED) is 0.614. The fourth-order valence-corrected chi connectivity index (χ4v) is 2.06. The molecule has 0 aliphatic carbocycles. The summed E-state index contributed by atoms with van der Waals surface area (Å²) >= 11 is 0. The smallest absolute Gasteiger partial charge is 0.156 e. The predicted octanol–water partition coefficient (Wildman–Crippen LogP) is -0.203. The predicted molar refractivity (Wildman–Crippen MR) is 64.3 cm³/mol. The van der Waals surface area contributed by atoms with E-state index in [2.05, 4.69) is 5.32 Å². The van der Waals surface area contributed by atoms with E-state index in [4.69, 9.17) is 4.74 Å². The second-order valence-corrected chi connectivity index (χ2v) is 7.61. The summed E-state index contributed by atoms with van der Waals surface area (Å²) in [6, 6.07) is 0. The minimum absolute atomic E-state index is 0.0796. The van der Waals surface area contributed by atoms with Gasteiger partial charge in [-0.25, -0.2) is 8.42 Å². The molecule has 0 aliphatic heterocycles. The summed E-state index contributed by atoms with van der Waals surface area (Å²) < 4.78 is 27.4. The van der Waals surface area contributed by atoms with Gasteiger partial charge < -0.3 is 15.2 Å². The Morgan fingerprint density at radius 2 is 1.94 bits per heavy atom. The molecular weight excluding hydrogens is 230 g/mol. The summed E-state index contributed by atoms with van der Waals surface area (Å²) in [5.74, 6) is 0.0796. The van der Waals surface area contributed by atoms with Crippen molar-refractivity contribution in [2.24, 2.45) is 0 Å². The number of ether oxygens (including phenoxy) is 1. The van der Waals surface area contributed by atoms with Crippen molar-refractivity contribution in [3.8, 4) is 0 Å². The fourth-order valence-electron chi connectivity index (χ4n) is 1.03. The van der Waals surface area contributed by atoms with Crippen LogP contribution in [0.5, 0.6) is 0 Å². The highest BCUT2D eigenvalue weighted by Crippen LogP contribution is 2.15. The van der Waals surface area contributed by atoms with Crippen molar-refractivity contribution in [3.63, 3.8) is 0 Å². The summed E-state index contributed by atoms with van der Waals surface area (Å²) in [6.07, 6.45) is -0.595. The van der Waals surface area contributed by atoms with E-state index >= 15 is 0 Å². The van der Waals surface area contributed by atoms with Crippen molar-refractivity contribution in [1.29, 1.82) is 0 Å². The van der Waals surface area contributed by atoms with Crippen molar-refractivity contribution in [3.05, 3.63) is 0 Å². The maximum absolute atomic E-state index is 11.7. The maximum atomic E-state index is 11.7. The molecule has 0 fully saturated rings. The van der Waals surface area contributed by atoms with Crippen LogP contribution in [0.1, 0.15) is 20.8 Å². The lowest BCUT2D eigenvalue weighted by atomic mass is 10.3. The Kier molecular flexibility index (Phi) is 6.47. The highest BCUT2D eigenvalue weighted by Gasteiger charge is 2.28. The molecule has 0 aromatic heterocycles. The number of aliphatic hydroxyl groups is 1. The third-order valence-corrected chi connectivity index (χ3v) is 4.83. The number of rotatable bonds is 7. The molecule has 0 bridgehead atoms. The van der Waals surface area contributed by atoms with Crippen molar-refractivity contribution in [1.82, 2.24) is 5.32 Å². The van der Waals surface area contributed by atoms with Gasteiger partial charge in [0, 0.05) is 20.2 Å². The molecule has 98 valence electrons. The van der Waals surface area contributed by atoms with E-state index < -0.39 is 20.7 Å². The van der Waals surface area contributed by atoms with E-state index in [1.807, 2.05) is 0 Å². The molecule has 0 aromatic rings. The average molecular weight is 253 g/mol.